The first kappa shape index (κ1) is 20.7. The summed E-state index contributed by atoms with van der Waals surface area (Å²) in [6.07, 6.45) is 0.329. The molecule has 25 heavy (non-hydrogen) atoms. The maximum absolute atomic E-state index is 12.3. The van der Waals surface area contributed by atoms with E-state index in [0.29, 0.717) is 12.0 Å². The Balaban J connectivity index is 2.86. The maximum Gasteiger partial charge on any atom is 0.315 e. The average molecular weight is 348 g/mol. The lowest BCUT2D eigenvalue weighted by Crippen LogP contribution is -2.52. The van der Waals surface area contributed by atoms with Crippen LogP contribution in [-0.2, 0) is 19.8 Å². The van der Waals surface area contributed by atoms with Crippen molar-refractivity contribution in [2.24, 2.45) is 5.41 Å². The summed E-state index contributed by atoms with van der Waals surface area (Å²) in [5, 5.41) is 15.1. The number of hydrogen-bond donors (Lipinski definition) is 3. The zero-order chi connectivity index (χ0) is 19.3. The van der Waals surface area contributed by atoms with Gasteiger partial charge >= 0.3 is 5.97 Å². The number of carbonyl (C=O) groups excluding carboxylic acids is 2. The molecule has 0 saturated heterocycles. The van der Waals surface area contributed by atoms with Crippen molar-refractivity contribution in [1.29, 1.82) is 0 Å². The average Bonchev–Trinajstić information content (AvgIpc) is 2.55. The van der Waals surface area contributed by atoms with Gasteiger partial charge in [0.2, 0.25) is 11.8 Å². The summed E-state index contributed by atoms with van der Waals surface area (Å²) in [7, 11) is 0. The Morgan fingerprint density at radius 1 is 1.12 bits per heavy atom. The van der Waals surface area contributed by atoms with E-state index in [-0.39, 0.29) is 12.5 Å². The van der Waals surface area contributed by atoms with Gasteiger partial charge in [-0.15, -0.1) is 0 Å². The van der Waals surface area contributed by atoms with Crippen molar-refractivity contribution in [3.63, 3.8) is 0 Å². The van der Waals surface area contributed by atoms with Crippen LogP contribution in [-0.4, -0.2) is 35.5 Å². The Hall–Kier alpha value is -2.37. The van der Waals surface area contributed by atoms with E-state index >= 15 is 0 Å². The monoisotopic (exact) mass is 348 g/mol. The molecule has 0 heterocycles. The van der Waals surface area contributed by atoms with Gasteiger partial charge in [0.05, 0.1) is 0 Å². The molecule has 2 atom stereocenters. The fourth-order valence-electron chi connectivity index (χ4n) is 2.41. The van der Waals surface area contributed by atoms with Gasteiger partial charge in [-0.2, -0.15) is 0 Å². The highest BCUT2D eigenvalue weighted by molar-refractivity contribution is 5.90. The fourth-order valence-corrected chi connectivity index (χ4v) is 2.41. The Labute approximate surface area is 149 Å². The largest absolute Gasteiger partial charge is 0.481 e. The molecule has 0 aliphatic heterocycles. The van der Waals surface area contributed by atoms with Crippen molar-refractivity contribution in [2.45, 2.75) is 52.5 Å². The highest BCUT2D eigenvalue weighted by atomic mass is 16.4. The van der Waals surface area contributed by atoms with E-state index in [0.717, 1.165) is 0 Å². The number of carboxylic acids is 1. The molecule has 6 heteroatoms. The van der Waals surface area contributed by atoms with Crippen LogP contribution in [0.15, 0.2) is 30.3 Å². The summed E-state index contributed by atoms with van der Waals surface area (Å²) >= 11 is 0. The molecule has 0 aliphatic rings. The van der Waals surface area contributed by atoms with Crippen LogP contribution in [0.3, 0.4) is 0 Å². The predicted molar refractivity (Wildman–Crippen MR) is 96.1 cm³/mol. The molecule has 2 unspecified atom stereocenters. The number of benzene rings is 1. The second-order valence-electron chi connectivity index (χ2n) is 7.27. The number of aliphatic carboxylic acids is 1. The summed E-state index contributed by atoms with van der Waals surface area (Å²) < 4.78 is 0. The van der Waals surface area contributed by atoms with Crippen LogP contribution in [0.1, 0.15) is 46.6 Å². The van der Waals surface area contributed by atoms with E-state index < -0.39 is 28.7 Å². The zero-order valence-electron chi connectivity index (χ0n) is 15.6. The second-order valence-corrected chi connectivity index (χ2v) is 7.27. The van der Waals surface area contributed by atoms with Crippen molar-refractivity contribution in [3.05, 3.63) is 35.9 Å². The Morgan fingerprint density at radius 3 is 2.12 bits per heavy atom. The third-order valence-electron chi connectivity index (χ3n) is 4.33. The van der Waals surface area contributed by atoms with Crippen molar-refractivity contribution in [2.75, 3.05) is 6.54 Å². The smallest absolute Gasteiger partial charge is 0.315 e. The first-order chi connectivity index (χ1) is 11.5. The van der Waals surface area contributed by atoms with E-state index in [9.17, 15) is 19.5 Å². The first-order valence-corrected chi connectivity index (χ1v) is 8.42. The summed E-state index contributed by atoms with van der Waals surface area (Å²) in [6, 6.07) is 8.11. The molecule has 138 valence electrons. The van der Waals surface area contributed by atoms with Gasteiger partial charge < -0.3 is 15.7 Å². The van der Waals surface area contributed by atoms with E-state index in [1.54, 1.807) is 58.9 Å². The molecule has 0 fully saturated rings. The summed E-state index contributed by atoms with van der Waals surface area (Å²) in [5.41, 5.74) is -1.17. The minimum Gasteiger partial charge on any atom is -0.481 e. The lowest BCUT2D eigenvalue weighted by molar-refractivity contribution is -0.144. The topological polar surface area (TPSA) is 95.5 Å². The van der Waals surface area contributed by atoms with Gasteiger partial charge in [-0.3, -0.25) is 14.4 Å². The molecular formula is C19H28N2O4. The van der Waals surface area contributed by atoms with Gasteiger partial charge in [0.25, 0.3) is 0 Å². The third kappa shape index (κ3) is 5.05. The predicted octanol–water partition coefficient (Wildman–Crippen LogP) is 2.09. The Morgan fingerprint density at radius 2 is 1.68 bits per heavy atom. The molecule has 3 N–H and O–H groups in total. The quantitative estimate of drug-likeness (QED) is 0.703. The van der Waals surface area contributed by atoms with Gasteiger partial charge in [-0.05, 0) is 18.9 Å². The summed E-state index contributed by atoms with van der Waals surface area (Å²) in [6.45, 7) is 8.59. The minimum absolute atomic E-state index is 0.0442. The second kappa shape index (κ2) is 8.14. The number of carbonyl (C=O) groups is 3. The molecule has 1 aromatic rings. The highest BCUT2D eigenvalue weighted by Crippen LogP contribution is 2.27. The van der Waals surface area contributed by atoms with E-state index in [2.05, 4.69) is 10.6 Å². The molecule has 0 radical (unpaired) electrons. The van der Waals surface area contributed by atoms with Crippen molar-refractivity contribution in [1.82, 2.24) is 10.6 Å². The highest BCUT2D eigenvalue weighted by Gasteiger charge is 2.39. The molecule has 0 aromatic heterocycles. The first-order valence-electron chi connectivity index (χ1n) is 8.42. The van der Waals surface area contributed by atoms with Crippen LogP contribution < -0.4 is 10.6 Å². The van der Waals surface area contributed by atoms with E-state index in [1.807, 2.05) is 6.07 Å². The Kier molecular flexibility index (Phi) is 6.73. The number of amides is 2. The molecule has 6 nitrogen and oxygen atoms in total. The Bertz CT molecular complexity index is 622. The minimum atomic E-state index is -1.20. The maximum atomic E-state index is 12.3. The van der Waals surface area contributed by atoms with E-state index in [1.165, 1.54) is 0 Å². The van der Waals surface area contributed by atoms with Crippen molar-refractivity contribution < 1.29 is 19.5 Å². The summed E-state index contributed by atoms with van der Waals surface area (Å²) in [5.74, 6) is -1.64. The molecule has 0 saturated carbocycles. The van der Waals surface area contributed by atoms with Crippen molar-refractivity contribution >= 4 is 17.8 Å². The number of hydrogen-bond acceptors (Lipinski definition) is 3. The third-order valence-corrected chi connectivity index (χ3v) is 4.33. The van der Waals surface area contributed by atoms with Gasteiger partial charge in [-0.1, -0.05) is 58.0 Å². The normalized spacial score (nSPS) is 14.9. The molecule has 1 rings (SSSR count). The van der Waals surface area contributed by atoms with Crippen LogP contribution in [0.5, 0.6) is 0 Å². The number of carboxylic acid groups (broad SMARTS) is 1. The van der Waals surface area contributed by atoms with E-state index in [4.69, 9.17) is 0 Å². The van der Waals surface area contributed by atoms with Gasteiger partial charge in [-0.25, -0.2) is 0 Å². The van der Waals surface area contributed by atoms with Crippen LogP contribution >= 0.6 is 0 Å². The fraction of sp³-hybridized carbons (Fsp3) is 0.526. The molecule has 0 aliphatic carbocycles. The van der Waals surface area contributed by atoms with Crippen LogP contribution in [0.25, 0.3) is 0 Å². The standard InChI is InChI=1S/C19H28N2O4/c1-6-19(17(24)25,14-10-8-7-9-11-14)12-20-15(22)13(2)21-16(23)18(3,4)5/h7-11,13H,6,12H2,1-5H3,(H,20,22)(H,21,23)(H,24,25). The molecule has 1 aromatic carbocycles. The number of nitrogens with one attached hydrogen (secondary N) is 2. The lowest BCUT2D eigenvalue weighted by atomic mass is 9.78. The van der Waals surface area contributed by atoms with Crippen LogP contribution in [0.4, 0.5) is 0 Å². The van der Waals surface area contributed by atoms with Crippen LogP contribution in [0.2, 0.25) is 0 Å². The van der Waals surface area contributed by atoms with Crippen molar-refractivity contribution in [3.8, 4) is 0 Å². The van der Waals surface area contributed by atoms with Crippen LogP contribution in [0, 0.1) is 5.41 Å². The van der Waals surface area contributed by atoms with Gasteiger partial charge in [0.1, 0.15) is 11.5 Å². The zero-order valence-corrected chi connectivity index (χ0v) is 15.6. The summed E-state index contributed by atoms with van der Waals surface area (Å²) in [4.78, 5) is 36.2. The van der Waals surface area contributed by atoms with Gasteiger partial charge in [0, 0.05) is 12.0 Å². The molecule has 0 bridgehead atoms. The van der Waals surface area contributed by atoms with Gasteiger partial charge in [0.15, 0.2) is 0 Å². The number of rotatable bonds is 7. The molecule has 2 amide bonds. The lowest BCUT2D eigenvalue weighted by Gasteiger charge is -2.30. The molecule has 0 spiro atoms. The molecular weight excluding hydrogens is 320 g/mol. The SMILES string of the molecule is CCC(CNC(=O)C(C)NC(=O)C(C)(C)C)(C(=O)O)c1ccccc1.